The molecule has 1 aromatic heterocycles. The molecule has 1 aliphatic carbocycles. The molecule has 0 N–H and O–H groups in total. The standard InChI is InChI=1S/C22H25ClN2O4S/c23-9-1-4-21(26)25(17-6-7-17)14-22(27)24(13-18-3-2-10-30-18)12-16-5-8-19-20(11-16)29-15-28-19/h2-3,5,8,10-11,17H,1,4,6-7,9,12-15H2. The van der Waals surface area contributed by atoms with E-state index in [-0.39, 0.29) is 31.2 Å². The number of amides is 2. The molecule has 0 unspecified atom stereocenters. The Morgan fingerprint density at radius 2 is 1.93 bits per heavy atom. The lowest BCUT2D eigenvalue weighted by Gasteiger charge is -2.28. The van der Waals surface area contributed by atoms with Crippen molar-refractivity contribution in [2.24, 2.45) is 0 Å². The molecule has 1 aromatic carbocycles. The van der Waals surface area contributed by atoms with Gasteiger partial charge in [0.15, 0.2) is 11.5 Å². The highest BCUT2D eigenvalue weighted by Crippen LogP contribution is 2.33. The second-order valence-corrected chi connectivity index (χ2v) is 8.97. The molecule has 2 aliphatic rings. The molecule has 30 heavy (non-hydrogen) atoms. The second-order valence-electron chi connectivity index (χ2n) is 7.56. The van der Waals surface area contributed by atoms with E-state index in [1.54, 1.807) is 16.2 Å². The summed E-state index contributed by atoms with van der Waals surface area (Å²) in [6.07, 6.45) is 2.95. The minimum Gasteiger partial charge on any atom is -0.454 e. The van der Waals surface area contributed by atoms with Crippen LogP contribution in [0.2, 0.25) is 0 Å². The first-order chi connectivity index (χ1) is 14.6. The van der Waals surface area contributed by atoms with Crippen molar-refractivity contribution in [1.82, 2.24) is 9.80 Å². The lowest BCUT2D eigenvalue weighted by atomic mass is 10.2. The summed E-state index contributed by atoms with van der Waals surface area (Å²) >= 11 is 7.37. The van der Waals surface area contributed by atoms with E-state index in [1.807, 2.05) is 40.6 Å². The summed E-state index contributed by atoms with van der Waals surface area (Å²) < 4.78 is 10.9. The van der Waals surface area contributed by atoms with Gasteiger partial charge in [0.05, 0.1) is 6.54 Å². The number of fused-ring (bicyclic) bond motifs is 1. The van der Waals surface area contributed by atoms with Crippen LogP contribution in [0.15, 0.2) is 35.7 Å². The number of benzene rings is 1. The van der Waals surface area contributed by atoms with Crippen LogP contribution in [-0.2, 0) is 22.7 Å². The number of halogens is 1. The van der Waals surface area contributed by atoms with Gasteiger partial charge in [-0.2, -0.15) is 0 Å². The molecule has 0 bridgehead atoms. The Kier molecular flexibility index (Phi) is 6.79. The average Bonchev–Trinajstić information content (AvgIpc) is 3.24. The number of hydrogen-bond donors (Lipinski definition) is 0. The van der Waals surface area contributed by atoms with E-state index in [1.165, 1.54) is 0 Å². The Balaban J connectivity index is 1.48. The van der Waals surface area contributed by atoms with Crippen molar-refractivity contribution in [2.45, 2.75) is 44.8 Å². The van der Waals surface area contributed by atoms with E-state index in [9.17, 15) is 9.59 Å². The number of thiophene rings is 1. The highest BCUT2D eigenvalue weighted by Gasteiger charge is 2.34. The Morgan fingerprint density at radius 1 is 1.10 bits per heavy atom. The van der Waals surface area contributed by atoms with E-state index < -0.39 is 0 Å². The summed E-state index contributed by atoms with van der Waals surface area (Å²) in [6.45, 7) is 1.29. The van der Waals surface area contributed by atoms with Crippen molar-refractivity contribution in [1.29, 1.82) is 0 Å². The minimum atomic E-state index is -0.0489. The molecular weight excluding hydrogens is 424 g/mol. The highest BCUT2D eigenvalue weighted by molar-refractivity contribution is 7.09. The molecule has 6 nitrogen and oxygen atoms in total. The van der Waals surface area contributed by atoms with Gasteiger partial charge in [0.1, 0.15) is 6.54 Å². The summed E-state index contributed by atoms with van der Waals surface area (Å²) in [4.78, 5) is 30.6. The molecule has 4 rings (SSSR count). The summed E-state index contributed by atoms with van der Waals surface area (Å²) in [5.74, 6) is 1.84. The van der Waals surface area contributed by atoms with Gasteiger partial charge < -0.3 is 19.3 Å². The fourth-order valence-electron chi connectivity index (χ4n) is 3.50. The van der Waals surface area contributed by atoms with E-state index in [4.69, 9.17) is 21.1 Å². The number of ether oxygens (including phenoxy) is 2. The Morgan fingerprint density at radius 3 is 2.67 bits per heavy atom. The van der Waals surface area contributed by atoms with E-state index >= 15 is 0 Å². The highest BCUT2D eigenvalue weighted by atomic mass is 35.5. The van der Waals surface area contributed by atoms with Crippen LogP contribution in [0.4, 0.5) is 0 Å². The van der Waals surface area contributed by atoms with Crippen LogP contribution in [0.1, 0.15) is 36.1 Å². The Labute approximate surface area is 185 Å². The van der Waals surface area contributed by atoms with Crippen LogP contribution in [0, 0.1) is 0 Å². The number of carbonyl (C=O) groups is 2. The summed E-state index contributed by atoms with van der Waals surface area (Å²) in [5, 5.41) is 2.00. The van der Waals surface area contributed by atoms with Gasteiger partial charge in [-0.05, 0) is 48.4 Å². The molecule has 2 amide bonds. The van der Waals surface area contributed by atoms with Crippen LogP contribution in [0.25, 0.3) is 0 Å². The fraction of sp³-hybridized carbons (Fsp3) is 0.455. The second kappa shape index (κ2) is 9.71. The van der Waals surface area contributed by atoms with Crippen LogP contribution in [0.3, 0.4) is 0 Å². The third-order valence-corrected chi connectivity index (χ3v) is 6.36. The molecule has 8 heteroatoms. The maximum Gasteiger partial charge on any atom is 0.242 e. The van der Waals surface area contributed by atoms with Crippen LogP contribution in [0.5, 0.6) is 11.5 Å². The van der Waals surface area contributed by atoms with Gasteiger partial charge in [0.25, 0.3) is 0 Å². The first kappa shape index (κ1) is 21.0. The summed E-state index contributed by atoms with van der Waals surface area (Å²) in [5.41, 5.74) is 0.968. The minimum absolute atomic E-state index is 0.0191. The molecule has 0 spiro atoms. The molecule has 2 heterocycles. The molecule has 1 aliphatic heterocycles. The molecule has 1 saturated carbocycles. The lowest BCUT2D eigenvalue weighted by molar-refractivity contribution is -0.141. The summed E-state index contributed by atoms with van der Waals surface area (Å²) in [6, 6.07) is 9.93. The van der Waals surface area contributed by atoms with Gasteiger partial charge in [0, 0.05) is 29.8 Å². The molecule has 160 valence electrons. The van der Waals surface area contributed by atoms with Gasteiger partial charge in [0.2, 0.25) is 18.6 Å². The van der Waals surface area contributed by atoms with E-state index in [0.29, 0.717) is 37.6 Å². The molecule has 1 fully saturated rings. The molecular formula is C22H25ClN2O4S. The third-order valence-electron chi connectivity index (χ3n) is 5.23. The van der Waals surface area contributed by atoms with Crippen LogP contribution >= 0.6 is 22.9 Å². The van der Waals surface area contributed by atoms with Gasteiger partial charge in [-0.1, -0.05) is 12.1 Å². The first-order valence-corrected chi connectivity index (χ1v) is 11.6. The van der Waals surface area contributed by atoms with E-state index in [2.05, 4.69) is 0 Å². The number of nitrogens with zero attached hydrogens (tertiary/aromatic N) is 2. The molecule has 0 radical (unpaired) electrons. The van der Waals surface area contributed by atoms with Crippen molar-refractivity contribution in [3.63, 3.8) is 0 Å². The van der Waals surface area contributed by atoms with E-state index in [0.717, 1.165) is 29.0 Å². The maximum absolute atomic E-state index is 13.3. The number of rotatable bonds is 10. The topological polar surface area (TPSA) is 59.1 Å². The predicted octanol–water partition coefficient (Wildman–Crippen LogP) is 4.02. The fourth-order valence-corrected chi connectivity index (χ4v) is 4.35. The van der Waals surface area contributed by atoms with Gasteiger partial charge in [-0.15, -0.1) is 22.9 Å². The molecule has 2 aromatic rings. The van der Waals surface area contributed by atoms with Crippen LogP contribution < -0.4 is 9.47 Å². The maximum atomic E-state index is 13.3. The zero-order valence-corrected chi connectivity index (χ0v) is 18.3. The average molecular weight is 449 g/mol. The van der Waals surface area contributed by atoms with Crippen molar-refractivity contribution in [2.75, 3.05) is 19.2 Å². The predicted molar refractivity (Wildman–Crippen MR) is 116 cm³/mol. The van der Waals surface area contributed by atoms with Crippen molar-refractivity contribution >= 4 is 34.8 Å². The Bertz CT molecular complexity index is 885. The number of alkyl halides is 1. The van der Waals surface area contributed by atoms with Gasteiger partial charge in [-0.3, -0.25) is 9.59 Å². The SMILES string of the molecule is O=C(CN(C(=O)CCCCl)C1CC1)N(Cc1ccc2c(c1)OCO2)Cc1cccs1. The van der Waals surface area contributed by atoms with Crippen molar-refractivity contribution < 1.29 is 19.1 Å². The lowest BCUT2D eigenvalue weighted by Crippen LogP contribution is -2.43. The zero-order chi connectivity index (χ0) is 20.9. The van der Waals surface area contributed by atoms with Crippen LogP contribution in [-0.4, -0.2) is 46.9 Å². The van der Waals surface area contributed by atoms with Gasteiger partial charge in [-0.25, -0.2) is 0 Å². The largest absolute Gasteiger partial charge is 0.454 e. The van der Waals surface area contributed by atoms with Gasteiger partial charge >= 0.3 is 0 Å². The normalized spacial score (nSPS) is 14.6. The first-order valence-electron chi connectivity index (χ1n) is 10.2. The molecule has 0 atom stereocenters. The zero-order valence-electron chi connectivity index (χ0n) is 16.7. The Hall–Kier alpha value is -2.25. The summed E-state index contributed by atoms with van der Waals surface area (Å²) in [7, 11) is 0. The monoisotopic (exact) mass is 448 g/mol. The third kappa shape index (κ3) is 5.26. The molecule has 0 saturated heterocycles. The van der Waals surface area contributed by atoms with Crippen molar-refractivity contribution in [3.05, 3.63) is 46.2 Å². The number of carbonyl (C=O) groups excluding carboxylic acids is 2. The smallest absolute Gasteiger partial charge is 0.242 e. The number of hydrogen-bond acceptors (Lipinski definition) is 5. The van der Waals surface area contributed by atoms with Crippen molar-refractivity contribution in [3.8, 4) is 11.5 Å². The quantitative estimate of drug-likeness (QED) is 0.515.